The molecule has 0 atom stereocenters. The Balaban J connectivity index is 1.36. The molecule has 0 unspecified atom stereocenters. The lowest BCUT2D eigenvalue weighted by molar-refractivity contribution is 0.447. The standard InChI is InChI=1S/C28H16F3N3/c29-22-13-18(14-23(30)28(22)31)17-9-11-24(32-15-17)25-12-10-19(16-33-25)34-26-7-3-1-5-20(26)21-6-2-4-8-27(21)34/h1-16H. The molecule has 0 fully saturated rings. The number of halogens is 3. The van der Waals surface area contributed by atoms with Crippen LogP contribution in [0.4, 0.5) is 13.2 Å². The van der Waals surface area contributed by atoms with Crippen LogP contribution < -0.4 is 0 Å². The smallest absolute Gasteiger partial charge is 0.194 e. The molecule has 3 nitrogen and oxygen atoms in total. The van der Waals surface area contributed by atoms with Crippen LogP contribution >= 0.6 is 0 Å². The second-order valence-corrected chi connectivity index (χ2v) is 7.96. The minimum absolute atomic E-state index is 0.213. The molecular weight excluding hydrogens is 435 g/mol. The fraction of sp³-hybridized carbons (Fsp3) is 0. The summed E-state index contributed by atoms with van der Waals surface area (Å²) in [5.74, 6) is -3.95. The zero-order valence-electron chi connectivity index (χ0n) is 17.7. The third-order valence-electron chi connectivity index (χ3n) is 5.93. The Bertz CT molecular complexity index is 1590. The number of hydrogen-bond donors (Lipinski definition) is 0. The van der Waals surface area contributed by atoms with E-state index in [4.69, 9.17) is 0 Å². The first-order chi connectivity index (χ1) is 16.6. The van der Waals surface area contributed by atoms with Crippen LogP contribution in [-0.4, -0.2) is 14.5 Å². The molecule has 0 aliphatic rings. The maximum absolute atomic E-state index is 13.6. The maximum atomic E-state index is 13.6. The first-order valence-corrected chi connectivity index (χ1v) is 10.7. The van der Waals surface area contributed by atoms with E-state index < -0.39 is 17.5 Å². The van der Waals surface area contributed by atoms with Crippen LogP contribution in [-0.2, 0) is 0 Å². The van der Waals surface area contributed by atoms with Crippen molar-refractivity contribution in [3.8, 4) is 28.2 Å². The summed E-state index contributed by atoms with van der Waals surface area (Å²) in [5.41, 5.74) is 5.08. The Hall–Kier alpha value is -4.45. The second-order valence-electron chi connectivity index (χ2n) is 7.96. The van der Waals surface area contributed by atoms with E-state index >= 15 is 0 Å². The van der Waals surface area contributed by atoms with Gasteiger partial charge in [-0.05, 0) is 48.0 Å². The molecule has 0 saturated carbocycles. The van der Waals surface area contributed by atoms with Gasteiger partial charge < -0.3 is 4.57 Å². The number of nitrogens with zero attached hydrogens (tertiary/aromatic N) is 3. The number of pyridine rings is 2. The van der Waals surface area contributed by atoms with Gasteiger partial charge in [-0.25, -0.2) is 13.2 Å². The monoisotopic (exact) mass is 451 g/mol. The van der Waals surface area contributed by atoms with E-state index in [0.717, 1.165) is 28.9 Å². The molecule has 0 aliphatic heterocycles. The van der Waals surface area contributed by atoms with Crippen molar-refractivity contribution >= 4 is 21.8 Å². The van der Waals surface area contributed by atoms with E-state index in [-0.39, 0.29) is 5.56 Å². The molecule has 0 radical (unpaired) electrons. The van der Waals surface area contributed by atoms with Crippen molar-refractivity contribution in [2.45, 2.75) is 0 Å². The van der Waals surface area contributed by atoms with Crippen LogP contribution in [0.3, 0.4) is 0 Å². The summed E-state index contributed by atoms with van der Waals surface area (Å²) in [5, 5.41) is 2.35. The number of hydrogen-bond acceptors (Lipinski definition) is 2. The number of para-hydroxylation sites is 2. The maximum Gasteiger partial charge on any atom is 0.194 e. The minimum Gasteiger partial charge on any atom is -0.308 e. The highest BCUT2D eigenvalue weighted by Crippen LogP contribution is 2.32. The number of rotatable bonds is 3. The molecule has 0 N–H and O–H groups in total. The topological polar surface area (TPSA) is 30.7 Å². The Morgan fingerprint density at radius 1 is 0.559 bits per heavy atom. The van der Waals surface area contributed by atoms with Gasteiger partial charge in [-0.1, -0.05) is 42.5 Å². The van der Waals surface area contributed by atoms with E-state index in [0.29, 0.717) is 17.0 Å². The summed E-state index contributed by atoms with van der Waals surface area (Å²) in [6.45, 7) is 0. The van der Waals surface area contributed by atoms with Crippen molar-refractivity contribution in [1.82, 2.24) is 14.5 Å². The molecule has 3 heterocycles. The van der Waals surface area contributed by atoms with E-state index in [2.05, 4.69) is 38.8 Å². The third kappa shape index (κ3) is 3.23. The van der Waals surface area contributed by atoms with Crippen molar-refractivity contribution in [2.75, 3.05) is 0 Å². The van der Waals surface area contributed by atoms with Gasteiger partial charge in [0, 0.05) is 22.5 Å². The first kappa shape index (κ1) is 20.2. The van der Waals surface area contributed by atoms with Crippen LogP contribution in [0, 0.1) is 17.5 Å². The molecular formula is C28H16F3N3. The number of fused-ring (bicyclic) bond motifs is 3. The summed E-state index contributed by atoms with van der Waals surface area (Å²) >= 11 is 0. The van der Waals surface area contributed by atoms with Crippen molar-refractivity contribution < 1.29 is 13.2 Å². The van der Waals surface area contributed by atoms with Gasteiger partial charge in [0.2, 0.25) is 0 Å². The number of benzene rings is 3. The Kier molecular flexibility index (Phi) is 4.66. The number of aromatic nitrogens is 3. The average Bonchev–Trinajstić information content (AvgIpc) is 3.22. The lowest BCUT2D eigenvalue weighted by Crippen LogP contribution is -1.96. The summed E-state index contributed by atoms with van der Waals surface area (Å²) in [4.78, 5) is 9.00. The van der Waals surface area contributed by atoms with Crippen molar-refractivity contribution in [3.63, 3.8) is 0 Å². The summed E-state index contributed by atoms with van der Waals surface area (Å²) in [7, 11) is 0. The molecule has 34 heavy (non-hydrogen) atoms. The molecule has 0 amide bonds. The van der Waals surface area contributed by atoms with Crippen LogP contribution in [0.2, 0.25) is 0 Å². The first-order valence-electron chi connectivity index (χ1n) is 10.7. The van der Waals surface area contributed by atoms with Crippen molar-refractivity contribution in [3.05, 3.63) is 115 Å². The molecule has 164 valence electrons. The normalized spacial score (nSPS) is 11.4. The van der Waals surface area contributed by atoms with E-state index in [1.165, 1.54) is 17.0 Å². The SMILES string of the molecule is Fc1cc(-c2ccc(-c3ccc(-n4c5ccccc5c5ccccc54)cn3)nc2)cc(F)c1F. The van der Waals surface area contributed by atoms with Gasteiger partial charge in [-0.3, -0.25) is 9.97 Å². The fourth-order valence-electron chi connectivity index (χ4n) is 4.31. The molecule has 3 aromatic heterocycles. The van der Waals surface area contributed by atoms with E-state index in [1.54, 1.807) is 18.3 Å². The van der Waals surface area contributed by atoms with Gasteiger partial charge in [0.05, 0.1) is 34.3 Å². The molecule has 3 aromatic carbocycles. The molecule has 6 rings (SSSR count). The van der Waals surface area contributed by atoms with Gasteiger partial charge >= 0.3 is 0 Å². The lowest BCUT2D eigenvalue weighted by Gasteiger charge is -2.09. The Morgan fingerprint density at radius 3 is 1.65 bits per heavy atom. The summed E-state index contributed by atoms with van der Waals surface area (Å²) < 4.78 is 42.6. The molecule has 6 heteroatoms. The quantitative estimate of drug-likeness (QED) is 0.264. The molecule has 0 bridgehead atoms. The second kappa shape index (κ2) is 7.85. The van der Waals surface area contributed by atoms with Gasteiger partial charge in [0.15, 0.2) is 17.5 Å². The summed E-state index contributed by atoms with van der Waals surface area (Å²) in [6.07, 6.45) is 3.29. The highest BCUT2D eigenvalue weighted by molar-refractivity contribution is 6.09. The van der Waals surface area contributed by atoms with Gasteiger partial charge in [-0.2, -0.15) is 0 Å². The van der Waals surface area contributed by atoms with E-state index in [9.17, 15) is 13.2 Å². The molecule has 0 saturated heterocycles. The molecule has 0 spiro atoms. The average molecular weight is 451 g/mol. The Morgan fingerprint density at radius 2 is 1.12 bits per heavy atom. The van der Waals surface area contributed by atoms with Crippen molar-refractivity contribution in [2.24, 2.45) is 0 Å². The third-order valence-corrected chi connectivity index (χ3v) is 5.93. The van der Waals surface area contributed by atoms with Crippen LogP contribution in [0.5, 0.6) is 0 Å². The summed E-state index contributed by atoms with van der Waals surface area (Å²) in [6, 6.07) is 25.7. The molecule has 6 aromatic rings. The predicted octanol–water partition coefficient (Wildman–Crippen LogP) is 7.33. The van der Waals surface area contributed by atoms with Gasteiger partial charge in [-0.15, -0.1) is 0 Å². The van der Waals surface area contributed by atoms with Crippen LogP contribution in [0.25, 0.3) is 50.0 Å². The van der Waals surface area contributed by atoms with E-state index in [1.807, 2.05) is 36.4 Å². The van der Waals surface area contributed by atoms with Gasteiger partial charge in [0.25, 0.3) is 0 Å². The Labute approximate surface area is 192 Å². The lowest BCUT2D eigenvalue weighted by atomic mass is 10.1. The largest absolute Gasteiger partial charge is 0.308 e. The predicted molar refractivity (Wildman–Crippen MR) is 127 cm³/mol. The van der Waals surface area contributed by atoms with Gasteiger partial charge in [0.1, 0.15) is 0 Å². The zero-order valence-corrected chi connectivity index (χ0v) is 17.7. The minimum atomic E-state index is -1.49. The van der Waals surface area contributed by atoms with Crippen molar-refractivity contribution in [1.29, 1.82) is 0 Å². The van der Waals surface area contributed by atoms with Crippen LogP contribution in [0.1, 0.15) is 0 Å². The molecule has 0 aliphatic carbocycles. The fourth-order valence-corrected chi connectivity index (χ4v) is 4.31. The zero-order chi connectivity index (χ0) is 23.2. The highest BCUT2D eigenvalue weighted by Gasteiger charge is 2.14. The highest BCUT2D eigenvalue weighted by atomic mass is 19.2. The van der Waals surface area contributed by atoms with Crippen LogP contribution in [0.15, 0.2) is 97.3 Å².